The van der Waals surface area contributed by atoms with Crippen molar-refractivity contribution in [1.29, 1.82) is 0 Å². The number of hydrogen-bond acceptors (Lipinski definition) is 10. The summed E-state index contributed by atoms with van der Waals surface area (Å²) in [5.41, 5.74) is 2.01. The van der Waals surface area contributed by atoms with E-state index in [1.54, 1.807) is 7.11 Å². The van der Waals surface area contributed by atoms with Crippen molar-refractivity contribution in [3.8, 4) is 5.75 Å². The molecule has 1 aliphatic heterocycles. The number of benzene rings is 1. The number of aromatic amines is 1. The van der Waals surface area contributed by atoms with E-state index in [2.05, 4.69) is 44.3 Å². The van der Waals surface area contributed by atoms with Gasteiger partial charge in [-0.1, -0.05) is 12.1 Å². The topological polar surface area (TPSA) is 103 Å². The van der Waals surface area contributed by atoms with Crippen LogP contribution in [0.3, 0.4) is 0 Å². The van der Waals surface area contributed by atoms with Crippen LogP contribution in [0, 0.1) is 12.8 Å². The van der Waals surface area contributed by atoms with E-state index in [9.17, 15) is 4.79 Å². The van der Waals surface area contributed by atoms with Crippen molar-refractivity contribution in [3.05, 3.63) is 41.6 Å². The first kappa shape index (κ1) is 27.4. The Morgan fingerprint density at radius 3 is 2.51 bits per heavy atom. The number of rotatable bonds is 12. The van der Waals surface area contributed by atoms with Gasteiger partial charge in [0.25, 0.3) is 0 Å². The summed E-state index contributed by atoms with van der Waals surface area (Å²) in [5.74, 6) is 3.27. The van der Waals surface area contributed by atoms with Crippen LogP contribution in [0.2, 0.25) is 0 Å². The van der Waals surface area contributed by atoms with E-state index < -0.39 is 0 Å². The molecule has 3 aromatic rings. The molecule has 2 N–H and O–H groups in total. The summed E-state index contributed by atoms with van der Waals surface area (Å²) in [5, 5.41) is 11.2. The molecule has 0 spiro atoms. The summed E-state index contributed by atoms with van der Waals surface area (Å²) in [7, 11) is 5.88. The van der Waals surface area contributed by atoms with Crippen LogP contribution in [0.5, 0.6) is 5.75 Å². The molecule has 5 rings (SSSR count). The number of likely N-dealkylation sites (N-methyl/N-ethyl adjacent to an activating group) is 1. The van der Waals surface area contributed by atoms with Gasteiger partial charge in [0.1, 0.15) is 5.78 Å². The zero-order chi connectivity index (χ0) is 27.4. The molecule has 0 amide bonds. The van der Waals surface area contributed by atoms with Crippen LogP contribution in [0.15, 0.2) is 40.4 Å². The van der Waals surface area contributed by atoms with Gasteiger partial charge in [0.05, 0.1) is 7.11 Å². The average molecular weight is 551 g/mol. The predicted molar refractivity (Wildman–Crippen MR) is 154 cm³/mol. The lowest BCUT2D eigenvalue weighted by Crippen LogP contribution is -2.48. The van der Waals surface area contributed by atoms with Gasteiger partial charge in [-0.25, -0.2) is 9.97 Å². The van der Waals surface area contributed by atoms with Crippen molar-refractivity contribution in [1.82, 2.24) is 30.0 Å². The number of hydrogen-bond donors (Lipinski definition) is 2. The van der Waals surface area contributed by atoms with Gasteiger partial charge in [0, 0.05) is 68.3 Å². The Kier molecular flexibility index (Phi) is 8.69. The third kappa shape index (κ3) is 7.28. The van der Waals surface area contributed by atoms with Gasteiger partial charge in [0.2, 0.25) is 5.75 Å². The number of aryl methyl sites for hydroxylation is 1. The summed E-state index contributed by atoms with van der Waals surface area (Å²) < 4.78 is 5.87. The third-order valence-electron chi connectivity index (χ3n) is 7.06. The SMILES string of the molecule is COc1c(Nc2cc(C)[nH]n2)nc(Sc2ccc(CC(=O)C3CC3)cc2)nc1N1CCN(CCN(C)C)CC1. The predicted octanol–water partition coefficient (Wildman–Crippen LogP) is 3.62. The van der Waals surface area contributed by atoms with E-state index in [-0.39, 0.29) is 5.92 Å². The van der Waals surface area contributed by atoms with Gasteiger partial charge in [-0.05, 0) is 63.3 Å². The highest BCUT2D eigenvalue weighted by Gasteiger charge is 2.29. The van der Waals surface area contributed by atoms with Crippen LogP contribution >= 0.6 is 11.8 Å². The van der Waals surface area contributed by atoms with Crippen LogP contribution in [0.1, 0.15) is 24.1 Å². The van der Waals surface area contributed by atoms with Gasteiger partial charge in [-0.2, -0.15) is 5.10 Å². The maximum Gasteiger partial charge on any atom is 0.204 e. The second-order valence-corrected chi connectivity index (χ2v) is 11.6. The van der Waals surface area contributed by atoms with E-state index in [4.69, 9.17) is 14.7 Å². The molecule has 0 unspecified atom stereocenters. The number of H-pyrrole nitrogens is 1. The van der Waals surface area contributed by atoms with Crippen LogP contribution < -0.4 is 15.0 Å². The molecule has 1 saturated carbocycles. The lowest BCUT2D eigenvalue weighted by Gasteiger charge is -2.36. The quantitative estimate of drug-likeness (QED) is 0.325. The highest BCUT2D eigenvalue weighted by molar-refractivity contribution is 7.99. The molecular weight excluding hydrogens is 512 g/mol. The largest absolute Gasteiger partial charge is 0.490 e. The summed E-state index contributed by atoms with van der Waals surface area (Å²) in [4.78, 5) is 30.0. The Hall–Kier alpha value is -3.15. The van der Waals surface area contributed by atoms with Gasteiger partial charge in [-0.15, -0.1) is 0 Å². The van der Waals surface area contributed by atoms with Crippen molar-refractivity contribution in [3.63, 3.8) is 0 Å². The smallest absolute Gasteiger partial charge is 0.204 e. The maximum absolute atomic E-state index is 12.2. The molecule has 1 aromatic carbocycles. The average Bonchev–Trinajstić information content (AvgIpc) is 3.70. The van der Waals surface area contributed by atoms with E-state index >= 15 is 0 Å². The molecule has 0 radical (unpaired) electrons. The zero-order valence-electron chi connectivity index (χ0n) is 23.2. The second-order valence-electron chi connectivity index (χ2n) is 10.6. The molecule has 10 nitrogen and oxygen atoms in total. The van der Waals surface area contributed by atoms with E-state index in [1.165, 1.54) is 11.8 Å². The lowest BCUT2D eigenvalue weighted by molar-refractivity contribution is -0.119. The molecule has 2 aliphatic rings. The molecule has 0 atom stereocenters. The maximum atomic E-state index is 12.2. The molecule has 1 saturated heterocycles. The molecule has 0 bridgehead atoms. The van der Waals surface area contributed by atoms with Crippen molar-refractivity contribution in [2.24, 2.45) is 5.92 Å². The molecule has 208 valence electrons. The fourth-order valence-electron chi connectivity index (χ4n) is 4.61. The second kappa shape index (κ2) is 12.4. The monoisotopic (exact) mass is 550 g/mol. The standard InChI is InChI=1S/C28H38N8O2S/c1-19-17-24(33-32-19)29-26-25(38-4)27(36-15-13-35(14-16-36)12-11-34(2)3)31-28(30-26)39-22-9-5-20(6-10-22)18-23(37)21-7-8-21/h5-6,9-10,17,21H,7-8,11-16,18H2,1-4H3,(H2,29,30,31,32,33). The number of Topliss-reactive ketones (excluding diaryl/α,β-unsaturated/α-hetero) is 1. The molecule has 11 heteroatoms. The minimum atomic E-state index is 0.282. The Morgan fingerprint density at radius 1 is 1.15 bits per heavy atom. The number of methoxy groups -OCH3 is 1. The fourth-order valence-corrected chi connectivity index (χ4v) is 5.36. The zero-order valence-corrected chi connectivity index (χ0v) is 24.1. The number of aromatic nitrogens is 4. The highest BCUT2D eigenvalue weighted by atomic mass is 32.2. The molecule has 1 aliphatic carbocycles. The first-order valence-corrected chi connectivity index (χ1v) is 14.4. The third-order valence-corrected chi connectivity index (χ3v) is 7.94. The normalized spacial score (nSPS) is 16.1. The Morgan fingerprint density at radius 2 is 1.90 bits per heavy atom. The lowest BCUT2D eigenvalue weighted by atomic mass is 10.1. The van der Waals surface area contributed by atoms with Crippen LogP contribution in [0.4, 0.5) is 17.5 Å². The van der Waals surface area contributed by atoms with Crippen molar-refractivity contribution in [2.75, 3.05) is 70.7 Å². The van der Waals surface area contributed by atoms with Crippen LogP contribution in [0.25, 0.3) is 0 Å². The van der Waals surface area contributed by atoms with Gasteiger partial charge < -0.3 is 19.9 Å². The number of nitrogens with one attached hydrogen (secondary N) is 2. The number of ketones is 1. The van der Waals surface area contributed by atoms with Gasteiger partial charge in [-0.3, -0.25) is 14.8 Å². The van der Waals surface area contributed by atoms with Crippen molar-refractivity contribution < 1.29 is 9.53 Å². The summed E-state index contributed by atoms with van der Waals surface area (Å²) in [6.45, 7) is 7.70. The minimum Gasteiger partial charge on any atom is -0.490 e. The molecular formula is C28H38N8O2S. The van der Waals surface area contributed by atoms with E-state index in [0.29, 0.717) is 34.7 Å². The van der Waals surface area contributed by atoms with Crippen LogP contribution in [-0.2, 0) is 11.2 Å². The Balaban J connectivity index is 1.37. The first-order valence-electron chi connectivity index (χ1n) is 13.5. The van der Waals surface area contributed by atoms with E-state index in [1.807, 2.05) is 37.3 Å². The fraction of sp³-hybridized carbons (Fsp3) is 0.500. The summed E-state index contributed by atoms with van der Waals surface area (Å²) in [6, 6.07) is 10.1. The number of ether oxygens (including phenoxy) is 1. The molecule has 39 heavy (non-hydrogen) atoms. The van der Waals surface area contributed by atoms with Gasteiger partial charge >= 0.3 is 0 Å². The molecule has 3 heterocycles. The summed E-state index contributed by atoms with van der Waals surface area (Å²) >= 11 is 1.50. The Bertz CT molecular complexity index is 1270. The number of anilines is 3. The molecule has 2 aromatic heterocycles. The Labute approximate surface area is 234 Å². The van der Waals surface area contributed by atoms with Crippen molar-refractivity contribution >= 4 is 35.0 Å². The highest BCUT2D eigenvalue weighted by Crippen LogP contribution is 2.38. The minimum absolute atomic E-state index is 0.282. The number of carbonyl (C=O) groups excluding carboxylic acids is 1. The van der Waals surface area contributed by atoms with E-state index in [0.717, 1.165) is 74.1 Å². The number of carbonyl (C=O) groups is 1. The first-order chi connectivity index (χ1) is 18.9. The number of piperazine rings is 1. The van der Waals surface area contributed by atoms with Crippen molar-refractivity contribution in [2.45, 2.75) is 36.2 Å². The van der Waals surface area contributed by atoms with Crippen LogP contribution in [-0.4, -0.2) is 96.2 Å². The summed E-state index contributed by atoms with van der Waals surface area (Å²) in [6.07, 6.45) is 2.60. The number of nitrogens with zero attached hydrogens (tertiary/aromatic N) is 6. The van der Waals surface area contributed by atoms with Gasteiger partial charge in [0.15, 0.2) is 22.6 Å². The molecule has 2 fully saturated rings.